The lowest BCUT2D eigenvalue weighted by molar-refractivity contribution is -0.138. The number of hydrogen-bond donors (Lipinski definition) is 2. The third kappa shape index (κ3) is 5.27. The standard InChI is InChI=1S/C23H17BrF3N5O3/c24-19-15(23(25,26)27)12-16(28)18(29-19)20-30-31-21(35-20)32(22(33)34)17(14-9-5-2-6-10-14)11-13-7-3-1-4-8-13/h1-10,12,17H,11,28H2,(H,33,34)/t17-/m1/s1. The molecule has 4 aromatic rings. The minimum absolute atomic E-state index is 0.215. The molecule has 8 nitrogen and oxygen atoms in total. The number of aromatic nitrogens is 3. The maximum atomic E-state index is 13.1. The summed E-state index contributed by atoms with van der Waals surface area (Å²) in [7, 11) is 0. The maximum Gasteiger partial charge on any atom is 0.419 e. The van der Waals surface area contributed by atoms with Gasteiger partial charge in [-0.15, -0.1) is 5.10 Å². The largest absolute Gasteiger partial charge is 0.465 e. The number of halogens is 4. The number of pyridine rings is 1. The lowest BCUT2D eigenvalue weighted by Gasteiger charge is -2.26. The van der Waals surface area contributed by atoms with Gasteiger partial charge in [-0.3, -0.25) is 0 Å². The average Bonchev–Trinajstić information content (AvgIpc) is 3.29. The number of nitrogens with two attached hydrogens (primary N) is 1. The van der Waals surface area contributed by atoms with Crippen molar-refractivity contribution in [3.05, 3.63) is 88.0 Å². The summed E-state index contributed by atoms with van der Waals surface area (Å²) in [5.74, 6) is -0.329. The van der Waals surface area contributed by atoms with Gasteiger partial charge in [-0.25, -0.2) is 14.7 Å². The second-order valence-corrected chi connectivity index (χ2v) is 8.17. The Hall–Kier alpha value is -3.93. The van der Waals surface area contributed by atoms with Crippen LogP contribution in [0.3, 0.4) is 0 Å². The molecule has 0 aliphatic carbocycles. The molecular formula is C23H17BrF3N5O3. The van der Waals surface area contributed by atoms with Gasteiger partial charge < -0.3 is 15.3 Å². The highest BCUT2D eigenvalue weighted by atomic mass is 79.9. The summed E-state index contributed by atoms with van der Waals surface area (Å²) in [6, 6.07) is 17.7. The molecule has 0 radical (unpaired) electrons. The zero-order chi connectivity index (χ0) is 25.2. The summed E-state index contributed by atoms with van der Waals surface area (Å²) in [6.45, 7) is 0. The van der Waals surface area contributed by atoms with Crippen LogP contribution in [0.5, 0.6) is 0 Å². The smallest absolute Gasteiger partial charge is 0.419 e. The van der Waals surface area contributed by atoms with Gasteiger partial charge in [0.15, 0.2) is 5.69 Å². The van der Waals surface area contributed by atoms with Crippen LogP contribution < -0.4 is 10.6 Å². The number of benzene rings is 2. The molecule has 12 heteroatoms. The van der Waals surface area contributed by atoms with Gasteiger partial charge in [0, 0.05) is 0 Å². The van der Waals surface area contributed by atoms with Gasteiger partial charge in [-0.1, -0.05) is 65.8 Å². The van der Waals surface area contributed by atoms with Gasteiger partial charge in [-0.2, -0.15) is 13.2 Å². The molecule has 0 unspecified atom stereocenters. The van der Waals surface area contributed by atoms with Crippen molar-refractivity contribution in [1.29, 1.82) is 0 Å². The van der Waals surface area contributed by atoms with E-state index in [9.17, 15) is 23.1 Å². The molecule has 2 heterocycles. The first-order chi connectivity index (χ1) is 16.6. The molecule has 0 aliphatic rings. The number of hydrogen-bond acceptors (Lipinski definition) is 6. The van der Waals surface area contributed by atoms with E-state index in [1.165, 1.54) is 0 Å². The number of amides is 1. The Balaban J connectivity index is 1.75. The first-order valence-corrected chi connectivity index (χ1v) is 10.9. The van der Waals surface area contributed by atoms with Crippen LogP contribution in [-0.4, -0.2) is 26.4 Å². The molecule has 0 fully saturated rings. The van der Waals surface area contributed by atoms with Crippen LogP contribution in [0.2, 0.25) is 0 Å². The Labute approximate surface area is 205 Å². The lowest BCUT2D eigenvalue weighted by atomic mass is 9.98. The first-order valence-electron chi connectivity index (χ1n) is 10.1. The topological polar surface area (TPSA) is 118 Å². The molecule has 1 amide bonds. The summed E-state index contributed by atoms with van der Waals surface area (Å²) >= 11 is 2.78. The molecule has 0 saturated heterocycles. The molecule has 0 saturated carbocycles. The predicted octanol–water partition coefficient (Wildman–Crippen LogP) is 5.96. The van der Waals surface area contributed by atoms with Crippen molar-refractivity contribution in [2.75, 3.05) is 10.6 Å². The third-order valence-electron chi connectivity index (χ3n) is 5.11. The van der Waals surface area contributed by atoms with E-state index in [0.29, 0.717) is 18.1 Å². The molecule has 0 aliphatic heterocycles. The normalized spacial score (nSPS) is 12.3. The Morgan fingerprint density at radius 2 is 1.71 bits per heavy atom. The van der Waals surface area contributed by atoms with E-state index in [0.717, 1.165) is 10.5 Å². The monoisotopic (exact) mass is 547 g/mol. The van der Waals surface area contributed by atoms with Gasteiger partial charge in [-0.05, 0) is 39.5 Å². The summed E-state index contributed by atoms with van der Waals surface area (Å²) in [6.07, 6.45) is -5.75. The van der Waals surface area contributed by atoms with Crippen molar-refractivity contribution in [2.24, 2.45) is 0 Å². The second-order valence-electron chi connectivity index (χ2n) is 7.42. The highest BCUT2D eigenvalue weighted by Gasteiger charge is 2.36. The van der Waals surface area contributed by atoms with Gasteiger partial charge >= 0.3 is 18.3 Å². The molecule has 180 valence electrons. The van der Waals surface area contributed by atoms with Crippen LogP contribution in [0.4, 0.5) is 29.7 Å². The van der Waals surface area contributed by atoms with E-state index in [-0.39, 0.29) is 23.3 Å². The zero-order valence-corrected chi connectivity index (χ0v) is 19.4. The summed E-state index contributed by atoms with van der Waals surface area (Å²) < 4.78 is 44.5. The van der Waals surface area contributed by atoms with Crippen molar-refractivity contribution in [3.63, 3.8) is 0 Å². The first kappa shape index (κ1) is 24.2. The molecule has 3 N–H and O–H groups in total. The number of rotatable bonds is 6. The second kappa shape index (κ2) is 9.74. The van der Waals surface area contributed by atoms with Crippen LogP contribution in [-0.2, 0) is 12.6 Å². The van der Waals surface area contributed by atoms with Gasteiger partial charge in [0.2, 0.25) is 0 Å². The summed E-state index contributed by atoms with van der Waals surface area (Å²) in [5, 5.41) is 17.7. The van der Waals surface area contributed by atoms with E-state index in [2.05, 4.69) is 31.1 Å². The molecule has 0 bridgehead atoms. The molecular weight excluding hydrogens is 531 g/mol. The number of anilines is 2. The Bertz CT molecular complexity index is 1330. The minimum atomic E-state index is -4.68. The van der Waals surface area contributed by atoms with E-state index in [1.807, 2.05) is 30.3 Å². The van der Waals surface area contributed by atoms with E-state index >= 15 is 0 Å². The number of alkyl halides is 3. The molecule has 1 atom stereocenters. The van der Waals surface area contributed by atoms with Crippen molar-refractivity contribution >= 4 is 33.7 Å². The third-order valence-corrected chi connectivity index (χ3v) is 5.71. The zero-order valence-electron chi connectivity index (χ0n) is 17.8. The van der Waals surface area contributed by atoms with Gasteiger partial charge in [0.25, 0.3) is 5.89 Å². The van der Waals surface area contributed by atoms with Crippen LogP contribution >= 0.6 is 15.9 Å². The Morgan fingerprint density at radius 1 is 1.09 bits per heavy atom. The predicted molar refractivity (Wildman–Crippen MR) is 124 cm³/mol. The highest BCUT2D eigenvalue weighted by molar-refractivity contribution is 9.10. The van der Waals surface area contributed by atoms with Crippen LogP contribution in [0, 0.1) is 0 Å². The minimum Gasteiger partial charge on any atom is -0.465 e. The Kier molecular flexibility index (Phi) is 6.74. The Morgan fingerprint density at radius 3 is 2.31 bits per heavy atom. The fraction of sp³-hybridized carbons (Fsp3) is 0.130. The fourth-order valence-corrected chi connectivity index (χ4v) is 4.02. The lowest BCUT2D eigenvalue weighted by Crippen LogP contribution is -2.35. The van der Waals surface area contributed by atoms with Gasteiger partial charge in [0.05, 0.1) is 17.3 Å². The molecule has 2 aromatic carbocycles. The maximum absolute atomic E-state index is 13.1. The average molecular weight is 548 g/mol. The molecule has 35 heavy (non-hydrogen) atoms. The van der Waals surface area contributed by atoms with Crippen LogP contribution in [0.25, 0.3) is 11.6 Å². The van der Waals surface area contributed by atoms with Crippen molar-refractivity contribution < 1.29 is 27.5 Å². The van der Waals surface area contributed by atoms with Crippen LogP contribution in [0.15, 0.2) is 75.8 Å². The number of carboxylic acid groups (broad SMARTS) is 1. The summed E-state index contributed by atoms with van der Waals surface area (Å²) in [5.41, 5.74) is 5.67. The SMILES string of the molecule is Nc1cc(C(F)(F)F)c(Br)nc1-c1nnc(N(C(=O)O)[C@H](Cc2ccccc2)c2ccccc2)o1. The number of carbonyl (C=O) groups is 1. The van der Waals surface area contributed by atoms with Crippen molar-refractivity contribution in [1.82, 2.24) is 15.2 Å². The van der Waals surface area contributed by atoms with E-state index < -0.39 is 28.5 Å². The fourth-order valence-electron chi connectivity index (χ4n) is 3.50. The van der Waals surface area contributed by atoms with Crippen LogP contribution in [0.1, 0.15) is 22.7 Å². The molecule has 0 spiro atoms. The highest BCUT2D eigenvalue weighted by Crippen LogP contribution is 2.38. The molecule has 4 rings (SSSR count). The van der Waals surface area contributed by atoms with Gasteiger partial charge in [0.1, 0.15) is 4.60 Å². The number of nitrogen functional groups attached to an aromatic ring is 1. The van der Waals surface area contributed by atoms with Crippen molar-refractivity contribution in [3.8, 4) is 11.6 Å². The van der Waals surface area contributed by atoms with Crippen molar-refractivity contribution in [2.45, 2.75) is 18.6 Å². The van der Waals surface area contributed by atoms with E-state index in [4.69, 9.17) is 10.2 Å². The number of nitrogens with zero attached hydrogens (tertiary/aromatic N) is 4. The quantitative estimate of drug-likeness (QED) is 0.285. The molecule has 2 aromatic heterocycles. The summed E-state index contributed by atoms with van der Waals surface area (Å²) in [4.78, 5) is 17.1. The van der Waals surface area contributed by atoms with E-state index in [1.54, 1.807) is 30.3 Å².